The van der Waals surface area contributed by atoms with Crippen molar-refractivity contribution in [2.45, 2.75) is 13.3 Å². The maximum absolute atomic E-state index is 11.9. The number of halogens is 2. The summed E-state index contributed by atoms with van der Waals surface area (Å²) in [6, 6.07) is 4.85. The molecule has 4 nitrogen and oxygen atoms in total. The van der Waals surface area contributed by atoms with E-state index in [1.54, 1.807) is 25.2 Å². The number of rotatable bonds is 4. The van der Waals surface area contributed by atoms with Gasteiger partial charge in [0, 0.05) is 18.7 Å². The van der Waals surface area contributed by atoms with Gasteiger partial charge >= 0.3 is 0 Å². The second kappa shape index (κ2) is 6.02. The van der Waals surface area contributed by atoms with Crippen LogP contribution in [0.2, 0.25) is 10.0 Å². The summed E-state index contributed by atoms with van der Waals surface area (Å²) in [4.78, 5) is 25.2. The third-order valence-electron chi connectivity index (χ3n) is 3.39. The summed E-state index contributed by atoms with van der Waals surface area (Å²) in [5.74, 6) is 0.287. The number of likely N-dealkylation sites (N-methyl/N-ethyl adjacent to an activating group) is 1. The largest absolute Gasteiger partial charge is 0.336 e. The maximum atomic E-state index is 11.9. The van der Waals surface area contributed by atoms with Crippen LogP contribution in [0.15, 0.2) is 18.2 Å². The van der Waals surface area contributed by atoms with Crippen LogP contribution < -0.4 is 5.32 Å². The molecule has 0 unspecified atom stereocenters. The minimum absolute atomic E-state index is 0.0294. The van der Waals surface area contributed by atoms with Gasteiger partial charge in [0.05, 0.1) is 16.6 Å². The van der Waals surface area contributed by atoms with Crippen molar-refractivity contribution in [3.63, 3.8) is 0 Å². The molecule has 0 aliphatic heterocycles. The summed E-state index contributed by atoms with van der Waals surface area (Å²) in [7, 11) is 1.64. The number of carbonyl (C=O) groups is 2. The van der Waals surface area contributed by atoms with Gasteiger partial charge in [-0.3, -0.25) is 9.59 Å². The zero-order valence-electron chi connectivity index (χ0n) is 11.3. The van der Waals surface area contributed by atoms with E-state index in [0.29, 0.717) is 21.7 Å². The highest BCUT2D eigenvalue weighted by atomic mass is 35.5. The topological polar surface area (TPSA) is 49.4 Å². The van der Waals surface area contributed by atoms with Crippen molar-refractivity contribution >= 4 is 40.7 Å². The lowest BCUT2D eigenvalue weighted by molar-refractivity contribution is -0.134. The summed E-state index contributed by atoms with van der Waals surface area (Å²) in [6.45, 7) is 2.06. The van der Waals surface area contributed by atoms with E-state index in [-0.39, 0.29) is 24.3 Å². The Morgan fingerprint density at radius 2 is 2.00 bits per heavy atom. The number of nitrogens with zero attached hydrogens (tertiary/aromatic N) is 1. The average Bonchev–Trinajstić information content (AvgIpc) is 3.10. The third-order valence-corrected chi connectivity index (χ3v) is 4.13. The number of hydrogen-bond donors (Lipinski definition) is 1. The molecular weight excluding hydrogens is 299 g/mol. The molecule has 1 saturated carbocycles. The van der Waals surface area contributed by atoms with Crippen molar-refractivity contribution in [3.8, 4) is 0 Å². The molecular formula is C14H16Cl2N2O2. The van der Waals surface area contributed by atoms with Crippen molar-refractivity contribution in [3.05, 3.63) is 28.2 Å². The van der Waals surface area contributed by atoms with Crippen molar-refractivity contribution in [1.29, 1.82) is 0 Å². The molecule has 20 heavy (non-hydrogen) atoms. The highest BCUT2D eigenvalue weighted by Gasteiger charge is 2.40. The van der Waals surface area contributed by atoms with Gasteiger partial charge in [0.15, 0.2) is 0 Å². The van der Waals surface area contributed by atoms with E-state index < -0.39 is 0 Å². The fourth-order valence-corrected chi connectivity index (χ4v) is 2.32. The lowest BCUT2D eigenvalue weighted by Crippen LogP contribution is -2.36. The normalized spacial score (nSPS) is 20.4. The van der Waals surface area contributed by atoms with Crippen LogP contribution in [0.25, 0.3) is 0 Å². The van der Waals surface area contributed by atoms with E-state index >= 15 is 0 Å². The monoisotopic (exact) mass is 314 g/mol. The van der Waals surface area contributed by atoms with E-state index in [4.69, 9.17) is 23.2 Å². The van der Waals surface area contributed by atoms with Crippen LogP contribution in [-0.2, 0) is 9.59 Å². The molecule has 1 fully saturated rings. The third kappa shape index (κ3) is 3.64. The van der Waals surface area contributed by atoms with Gasteiger partial charge in [-0.05, 0) is 30.5 Å². The van der Waals surface area contributed by atoms with Crippen LogP contribution in [-0.4, -0.2) is 30.3 Å². The summed E-state index contributed by atoms with van der Waals surface area (Å²) >= 11 is 11.7. The summed E-state index contributed by atoms with van der Waals surface area (Å²) in [5.41, 5.74) is 0.560. The number of hydrogen-bond acceptors (Lipinski definition) is 2. The fraction of sp³-hybridized carbons (Fsp3) is 0.429. The van der Waals surface area contributed by atoms with Crippen LogP contribution >= 0.6 is 23.2 Å². The number of nitrogens with one attached hydrogen (secondary N) is 1. The highest BCUT2D eigenvalue weighted by molar-refractivity contribution is 6.42. The molecule has 0 spiro atoms. The number of benzene rings is 1. The molecule has 6 heteroatoms. The first-order chi connectivity index (χ1) is 9.38. The van der Waals surface area contributed by atoms with Gasteiger partial charge < -0.3 is 10.2 Å². The maximum Gasteiger partial charge on any atom is 0.243 e. The molecule has 0 heterocycles. The molecule has 2 atom stereocenters. The SMILES string of the molecule is C[C@H]1C[C@H]1C(=O)N(C)CC(=O)Nc1ccc(Cl)c(Cl)c1. The minimum Gasteiger partial charge on any atom is -0.336 e. The molecule has 2 rings (SSSR count). The molecule has 1 N–H and O–H groups in total. The van der Waals surface area contributed by atoms with Crippen molar-refractivity contribution < 1.29 is 9.59 Å². The van der Waals surface area contributed by atoms with Gasteiger partial charge in [0.2, 0.25) is 11.8 Å². The zero-order valence-corrected chi connectivity index (χ0v) is 12.8. The van der Waals surface area contributed by atoms with Crippen molar-refractivity contribution in [1.82, 2.24) is 4.90 Å². The Morgan fingerprint density at radius 1 is 1.35 bits per heavy atom. The Balaban J connectivity index is 1.88. The lowest BCUT2D eigenvalue weighted by Gasteiger charge is -2.16. The second-order valence-electron chi connectivity index (χ2n) is 5.19. The standard InChI is InChI=1S/C14H16Cl2N2O2/c1-8-5-10(8)14(20)18(2)7-13(19)17-9-3-4-11(15)12(16)6-9/h3-4,6,8,10H,5,7H2,1-2H3,(H,17,19)/t8-,10+/m0/s1. The van der Waals surface area contributed by atoms with E-state index in [0.717, 1.165) is 6.42 Å². The molecule has 0 aromatic heterocycles. The molecule has 1 aliphatic carbocycles. The smallest absolute Gasteiger partial charge is 0.243 e. The molecule has 0 radical (unpaired) electrons. The summed E-state index contributed by atoms with van der Waals surface area (Å²) < 4.78 is 0. The van der Waals surface area contributed by atoms with Gasteiger partial charge in [0.1, 0.15) is 0 Å². The molecule has 1 aromatic rings. The predicted molar refractivity (Wildman–Crippen MR) is 80.0 cm³/mol. The van der Waals surface area contributed by atoms with Gasteiger partial charge in [0.25, 0.3) is 0 Å². The fourth-order valence-electron chi connectivity index (χ4n) is 2.02. The number of amides is 2. The van der Waals surface area contributed by atoms with E-state index in [2.05, 4.69) is 5.32 Å². The number of anilines is 1. The van der Waals surface area contributed by atoms with E-state index in [1.165, 1.54) is 4.90 Å². The molecule has 2 amide bonds. The van der Waals surface area contributed by atoms with Crippen LogP contribution in [0.1, 0.15) is 13.3 Å². The van der Waals surface area contributed by atoms with Gasteiger partial charge in [-0.25, -0.2) is 0 Å². The first-order valence-electron chi connectivity index (χ1n) is 6.38. The highest BCUT2D eigenvalue weighted by Crippen LogP contribution is 2.38. The quantitative estimate of drug-likeness (QED) is 0.928. The first kappa shape index (κ1) is 15.1. The Hall–Kier alpha value is -1.26. The molecule has 0 saturated heterocycles. The Labute approximate surface area is 128 Å². The van der Waals surface area contributed by atoms with Crippen LogP contribution in [0, 0.1) is 11.8 Å². The van der Waals surface area contributed by atoms with E-state index in [9.17, 15) is 9.59 Å². The average molecular weight is 315 g/mol. The van der Waals surface area contributed by atoms with Crippen LogP contribution in [0.5, 0.6) is 0 Å². The van der Waals surface area contributed by atoms with Crippen molar-refractivity contribution in [2.75, 3.05) is 18.9 Å². The summed E-state index contributed by atoms with van der Waals surface area (Å²) in [5, 5.41) is 3.50. The molecule has 1 aliphatic rings. The molecule has 108 valence electrons. The van der Waals surface area contributed by atoms with Crippen molar-refractivity contribution in [2.24, 2.45) is 11.8 Å². The second-order valence-corrected chi connectivity index (χ2v) is 6.01. The lowest BCUT2D eigenvalue weighted by atomic mass is 10.3. The predicted octanol–water partition coefficient (Wildman–Crippen LogP) is 3.05. The summed E-state index contributed by atoms with van der Waals surface area (Å²) in [6.07, 6.45) is 0.914. The zero-order chi connectivity index (χ0) is 14.9. The minimum atomic E-state index is -0.257. The van der Waals surface area contributed by atoms with E-state index in [1.807, 2.05) is 6.92 Å². The molecule has 1 aromatic carbocycles. The van der Waals surface area contributed by atoms with Gasteiger partial charge in [-0.1, -0.05) is 30.1 Å². The van der Waals surface area contributed by atoms with Crippen LogP contribution in [0.4, 0.5) is 5.69 Å². The Bertz CT molecular complexity index is 548. The molecule has 0 bridgehead atoms. The Morgan fingerprint density at radius 3 is 2.55 bits per heavy atom. The van der Waals surface area contributed by atoms with Gasteiger partial charge in [-0.15, -0.1) is 0 Å². The Kier molecular flexibility index (Phi) is 4.55. The first-order valence-corrected chi connectivity index (χ1v) is 7.14. The van der Waals surface area contributed by atoms with Crippen LogP contribution in [0.3, 0.4) is 0 Å². The number of carbonyl (C=O) groups excluding carboxylic acids is 2. The van der Waals surface area contributed by atoms with Gasteiger partial charge in [-0.2, -0.15) is 0 Å².